The molecule has 1 atom stereocenters. The van der Waals surface area contributed by atoms with Gasteiger partial charge in [-0.05, 0) is 44.0 Å². The van der Waals surface area contributed by atoms with Crippen LogP contribution in [0.15, 0.2) is 48.5 Å². The topological polar surface area (TPSA) is 96.7 Å². The van der Waals surface area contributed by atoms with E-state index in [-0.39, 0.29) is 17.6 Å². The van der Waals surface area contributed by atoms with Crippen LogP contribution in [0, 0.1) is 10.1 Å². The van der Waals surface area contributed by atoms with Gasteiger partial charge in [-0.1, -0.05) is 12.1 Å². The SMILES string of the molecule is COc1ccccc1NC1CCN([C@H](C)C(=O)Nc2ccc([N+](=O)[O-])cc2)CC1. The number of para-hydroxylation sites is 2. The molecule has 0 aliphatic carbocycles. The highest BCUT2D eigenvalue weighted by atomic mass is 16.6. The third-order valence-electron chi connectivity index (χ3n) is 5.27. The molecule has 0 spiro atoms. The average molecular weight is 398 g/mol. The lowest BCUT2D eigenvalue weighted by Gasteiger charge is -2.36. The van der Waals surface area contributed by atoms with Crippen LogP contribution in [0.1, 0.15) is 19.8 Å². The van der Waals surface area contributed by atoms with Crippen LogP contribution in [-0.2, 0) is 4.79 Å². The molecule has 1 heterocycles. The van der Waals surface area contributed by atoms with Crippen LogP contribution in [0.2, 0.25) is 0 Å². The molecule has 154 valence electrons. The van der Waals surface area contributed by atoms with E-state index in [1.807, 2.05) is 31.2 Å². The highest BCUT2D eigenvalue weighted by molar-refractivity contribution is 5.94. The molecule has 1 amide bonds. The summed E-state index contributed by atoms with van der Waals surface area (Å²) in [5.41, 5.74) is 1.54. The number of piperidine rings is 1. The predicted octanol–water partition coefficient (Wildman–Crippen LogP) is 3.51. The van der Waals surface area contributed by atoms with E-state index in [4.69, 9.17) is 4.74 Å². The number of amides is 1. The fourth-order valence-electron chi connectivity index (χ4n) is 3.49. The molecule has 3 rings (SSSR count). The second kappa shape index (κ2) is 9.38. The van der Waals surface area contributed by atoms with Gasteiger partial charge in [0.1, 0.15) is 5.75 Å². The molecule has 0 unspecified atom stereocenters. The van der Waals surface area contributed by atoms with Gasteiger partial charge in [0.15, 0.2) is 0 Å². The zero-order valence-electron chi connectivity index (χ0n) is 16.6. The van der Waals surface area contributed by atoms with Crippen LogP contribution < -0.4 is 15.4 Å². The third kappa shape index (κ3) is 5.23. The number of nitro groups is 1. The fourth-order valence-corrected chi connectivity index (χ4v) is 3.49. The maximum atomic E-state index is 12.6. The van der Waals surface area contributed by atoms with Crippen molar-refractivity contribution in [3.05, 3.63) is 58.6 Å². The minimum Gasteiger partial charge on any atom is -0.495 e. The van der Waals surface area contributed by atoms with E-state index >= 15 is 0 Å². The number of likely N-dealkylation sites (tertiary alicyclic amines) is 1. The highest BCUT2D eigenvalue weighted by Gasteiger charge is 2.27. The molecule has 1 saturated heterocycles. The van der Waals surface area contributed by atoms with E-state index in [0.717, 1.165) is 37.4 Å². The Balaban J connectivity index is 1.50. The lowest BCUT2D eigenvalue weighted by Crippen LogP contribution is -2.48. The molecule has 29 heavy (non-hydrogen) atoms. The first-order valence-corrected chi connectivity index (χ1v) is 9.67. The summed E-state index contributed by atoms with van der Waals surface area (Å²) in [5.74, 6) is 0.709. The van der Waals surface area contributed by atoms with E-state index in [1.165, 1.54) is 12.1 Å². The number of carbonyl (C=O) groups is 1. The maximum Gasteiger partial charge on any atom is 0.269 e. The van der Waals surface area contributed by atoms with Crippen molar-refractivity contribution in [1.82, 2.24) is 4.90 Å². The van der Waals surface area contributed by atoms with Crippen molar-refractivity contribution in [1.29, 1.82) is 0 Å². The maximum absolute atomic E-state index is 12.6. The van der Waals surface area contributed by atoms with Gasteiger partial charge in [-0.15, -0.1) is 0 Å². The largest absolute Gasteiger partial charge is 0.495 e. The molecule has 0 aromatic heterocycles. The normalized spacial score (nSPS) is 16.1. The molecule has 0 radical (unpaired) electrons. The number of methoxy groups -OCH3 is 1. The molecule has 8 nitrogen and oxygen atoms in total. The van der Waals surface area contributed by atoms with Crippen LogP contribution in [-0.4, -0.2) is 48.0 Å². The van der Waals surface area contributed by atoms with Crippen molar-refractivity contribution in [2.45, 2.75) is 31.8 Å². The summed E-state index contributed by atoms with van der Waals surface area (Å²) in [6, 6.07) is 13.8. The molecule has 8 heteroatoms. The van der Waals surface area contributed by atoms with Crippen LogP contribution in [0.25, 0.3) is 0 Å². The van der Waals surface area contributed by atoms with Crippen molar-refractivity contribution in [3.8, 4) is 5.75 Å². The molecule has 1 aliphatic rings. The Hall–Kier alpha value is -3.13. The summed E-state index contributed by atoms with van der Waals surface area (Å²) in [6.07, 6.45) is 1.85. The number of carbonyl (C=O) groups excluding carboxylic acids is 1. The van der Waals surface area contributed by atoms with Gasteiger partial charge in [0.2, 0.25) is 5.91 Å². The van der Waals surface area contributed by atoms with Crippen LogP contribution >= 0.6 is 0 Å². The van der Waals surface area contributed by atoms with Crippen molar-refractivity contribution in [2.24, 2.45) is 0 Å². The first kappa shape index (κ1) is 20.6. The Kier molecular flexibility index (Phi) is 6.66. The van der Waals surface area contributed by atoms with Crippen LogP contribution in [0.3, 0.4) is 0 Å². The van der Waals surface area contributed by atoms with Crippen molar-refractivity contribution < 1.29 is 14.5 Å². The van der Waals surface area contributed by atoms with Gasteiger partial charge in [-0.25, -0.2) is 0 Å². The summed E-state index contributed by atoms with van der Waals surface area (Å²) in [6.45, 7) is 3.50. The Morgan fingerprint density at radius 2 is 1.83 bits per heavy atom. The second-order valence-electron chi connectivity index (χ2n) is 7.12. The lowest BCUT2D eigenvalue weighted by atomic mass is 10.0. The van der Waals surface area contributed by atoms with Gasteiger partial charge in [-0.3, -0.25) is 19.8 Å². The number of nitrogens with one attached hydrogen (secondary N) is 2. The molecular formula is C21H26N4O4. The number of nitrogens with zero attached hydrogens (tertiary/aromatic N) is 2. The van der Waals surface area contributed by atoms with Crippen LogP contribution in [0.4, 0.5) is 17.1 Å². The smallest absolute Gasteiger partial charge is 0.269 e. The van der Waals surface area contributed by atoms with Crippen molar-refractivity contribution >= 4 is 23.0 Å². The summed E-state index contributed by atoms with van der Waals surface area (Å²) in [4.78, 5) is 25.0. The number of benzene rings is 2. The van der Waals surface area contributed by atoms with E-state index in [1.54, 1.807) is 19.2 Å². The van der Waals surface area contributed by atoms with Gasteiger partial charge < -0.3 is 15.4 Å². The Labute approximate surface area is 170 Å². The number of ether oxygens (including phenoxy) is 1. The van der Waals surface area contributed by atoms with E-state index in [0.29, 0.717) is 11.7 Å². The number of hydrogen-bond donors (Lipinski definition) is 2. The van der Waals surface area contributed by atoms with Gasteiger partial charge in [-0.2, -0.15) is 0 Å². The number of nitro benzene ring substituents is 1. The van der Waals surface area contributed by atoms with E-state index < -0.39 is 4.92 Å². The third-order valence-corrected chi connectivity index (χ3v) is 5.27. The zero-order chi connectivity index (χ0) is 20.8. The monoisotopic (exact) mass is 398 g/mol. The number of hydrogen-bond acceptors (Lipinski definition) is 6. The van der Waals surface area contributed by atoms with E-state index in [2.05, 4.69) is 15.5 Å². The fraction of sp³-hybridized carbons (Fsp3) is 0.381. The average Bonchev–Trinajstić information content (AvgIpc) is 2.74. The standard InChI is InChI=1S/C21H26N4O4/c1-15(21(26)23-16-7-9-18(10-8-16)25(27)28)24-13-11-17(12-14-24)22-19-5-3-4-6-20(19)29-2/h3-10,15,17,22H,11-14H2,1-2H3,(H,23,26)/t15-/m1/s1. The minimum absolute atomic E-state index is 0.000617. The molecule has 2 N–H and O–H groups in total. The Morgan fingerprint density at radius 1 is 1.17 bits per heavy atom. The summed E-state index contributed by atoms with van der Waals surface area (Å²) in [7, 11) is 1.66. The van der Waals surface area contributed by atoms with Crippen molar-refractivity contribution in [3.63, 3.8) is 0 Å². The molecule has 1 aliphatic heterocycles. The number of anilines is 2. The summed E-state index contributed by atoms with van der Waals surface area (Å²) >= 11 is 0. The summed E-state index contributed by atoms with van der Waals surface area (Å²) in [5, 5.41) is 17.1. The quantitative estimate of drug-likeness (QED) is 0.547. The van der Waals surface area contributed by atoms with Gasteiger partial charge in [0.25, 0.3) is 5.69 Å². The van der Waals surface area contributed by atoms with Crippen LogP contribution in [0.5, 0.6) is 5.75 Å². The number of rotatable bonds is 7. The first-order valence-electron chi connectivity index (χ1n) is 9.67. The molecular weight excluding hydrogens is 372 g/mol. The van der Waals surface area contributed by atoms with Gasteiger partial charge in [0, 0.05) is 37.0 Å². The zero-order valence-corrected chi connectivity index (χ0v) is 16.6. The summed E-state index contributed by atoms with van der Waals surface area (Å²) < 4.78 is 5.39. The highest BCUT2D eigenvalue weighted by Crippen LogP contribution is 2.26. The molecule has 2 aromatic carbocycles. The minimum atomic E-state index is -0.461. The van der Waals surface area contributed by atoms with E-state index in [9.17, 15) is 14.9 Å². The molecule has 0 saturated carbocycles. The second-order valence-corrected chi connectivity index (χ2v) is 7.12. The first-order chi connectivity index (χ1) is 14.0. The Bertz CT molecular complexity index is 848. The molecule has 0 bridgehead atoms. The Morgan fingerprint density at radius 3 is 2.45 bits per heavy atom. The lowest BCUT2D eigenvalue weighted by molar-refractivity contribution is -0.384. The number of non-ortho nitro benzene ring substituents is 1. The molecule has 2 aromatic rings. The predicted molar refractivity (Wildman–Crippen MR) is 112 cm³/mol. The van der Waals surface area contributed by atoms with Gasteiger partial charge >= 0.3 is 0 Å². The molecule has 1 fully saturated rings. The van der Waals surface area contributed by atoms with Gasteiger partial charge in [0.05, 0.1) is 23.8 Å². The van der Waals surface area contributed by atoms with Crippen molar-refractivity contribution in [2.75, 3.05) is 30.8 Å².